The molecule has 0 atom stereocenters. The van der Waals surface area contributed by atoms with Gasteiger partial charge in [0.2, 0.25) is 0 Å². The average molecular weight is 299 g/mol. The number of hydrogen-bond acceptors (Lipinski definition) is 2. The van der Waals surface area contributed by atoms with Crippen molar-refractivity contribution in [3.05, 3.63) is 35.4 Å². The first-order valence-electron chi connectivity index (χ1n) is 6.43. The van der Waals surface area contributed by atoms with Crippen molar-refractivity contribution >= 4 is 5.91 Å². The summed E-state index contributed by atoms with van der Waals surface area (Å²) in [6.07, 6.45) is -4.07. The summed E-state index contributed by atoms with van der Waals surface area (Å²) in [5, 5.41) is 8.60. The van der Waals surface area contributed by atoms with Crippen LogP contribution in [0.1, 0.15) is 29.3 Å². The maximum atomic E-state index is 12.4. The molecule has 0 spiro atoms. The van der Waals surface area contributed by atoms with Crippen LogP contribution in [0.2, 0.25) is 0 Å². The summed E-state index contributed by atoms with van der Waals surface area (Å²) >= 11 is 0. The number of halogens is 3. The molecule has 1 N–H and O–H groups in total. The Kier molecular flexibility index (Phi) is 6.25. The fraction of sp³-hybridized carbons (Fsp3) is 0.400. The zero-order valence-electron chi connectivity index (χ0n) is 11.6. The number of amides is 1. The van der Waals surface area contributed by atoms with Crippen molar-refractivity contribution in [3.63, 3.8) is 0 Å². The van der Waals surface area contributed by atoms with Crippen molar-refractivity contribution in [2.24, 2.45) is 0 Å². The molecule has 1 aromatic carbocycles. The van der Waals surface area contributed by atoms with Crippen molar-refractivity contribution in [3.8, 4) is 11.8 Å². The van der Waals surface area contributed by atoms with Crippen LogP contribution in [-0.4, -0.2) is 41.8 Å². The maximum absolute atomic E-state index is 12.4. The molecule has 1 rings (SSSR count). The minimum Gasteiger partial charge on any atom is -0.395 e. The van der Waals surface area contributed by atoms with Crippen LogP contribution in [-0.2, 0) is 0 Å². The van der Waals surface area contributed by atoms with Gasteiger partial charge in [0, 0.05) is 24.1 Å². The molecular weight excluding hydrogens is 283 g/mol. The Bertz CT molecular complexity index is 527. The van der Waals surface area contributed by atoms with E-state index in [1.54, 1.807) is 12.1 Å². The van der Waals surface area contributed by atoms with Gasteiger partial charge in [-0.3, -0.25) is 4.79 Å². The number of aliphatic hydroxyl groups is 1. The Hall–Kier alpha value is -2.00. The maximum Gasteiger partial charge on any atom is 0.406 e. The lowest BCUT2D eigenvalue weighted by molar-refractivity contribution is -0.140. The molecule has 0 aliphatic carbocycles. The standard InChI is InChI=1S/C15H16F3NO2/c1-2-19(11-15(16,17)18)14(21)13-8-6-12(7-9-13)5-3-4-10-20/h6-9,20H,2,4,10-11H2,1H3. The molecule has 0 heterocycles. The SMILES string of the molecule is CCN(CC(F)(F)F)C(=O)c1ccc(C#CCCO)cc1. The third kappa shape index (κ3) is 5.88. The molecule has 1 aromatic rings. The van der Waals surface area contributed by atoms with E-state index in [9.17, 15) is 18.0 Å². The highest BCUT2D eigenvalue weighted by Crippen LogP contribution is 2.18. The summed E-state index contributed by atoms with van der Waals surface area (Å²) in [5.74, 6) is 4.84. The van der Waals surface area contributed by atoms with Crippen LogP contribution in [0.4, 0.5) is 13.2 Å². The fourth-order valence-corrected chi connectivity index (χ4v) is 1.64. The Balaban J connectivity index is 2.81. The Morgan fingerprint density at radius 2 is 1.90 bits per heavy atom. The normalized spacial score (nSPS) is 10.7. The van der Waals surface area contributed by atoms with Gasteiger partial charge in [-0.2, -0.15) is 13.2 Å². The highest BCUT2D eigenvalue weighted by Gasteiger charge is 2.32. The zero-order valence-corrected chi connectivity index (χ0v) is 11.6. The van der Waals surface area contributed by atoms with Crippen molar-refractivity contribution in [2.45, 2.75) is 19.5 Å². The van der Waals surface area contributed by atoms with Crippen LogP contribution >= 0.6 is 0 Å². The average Bonchev–Trinajstić information content (AvgIpc) is 2.44. The van der Waals surface area contributed by atoms with E-state index in [4.69, 9.17) is 5.11 Å². The number of benzene rings is 1. The first kappa shape index (κ1) is 17.1. The molecule has 6 heteroatoms. The predicted molar refractivity (Wildman–Crippen MR) is 72.7 cm³/mol. The van der Waals surface area contributed by atoms with Gasteiger partial charge in [-0.15, -0.1) is 0 Å². The van der Waals surface area contributed by atoms with Gasteiger partial charge >= 0.3 is 6.18 Å². The van der Waals surface area contributed by atoms with E-state index in [1.807, 2.05) is 0 Å². The van der Waals surface area contributed by atoms with E-state index < -0.39 is 18.6 Å². The van der Waals surface area contributed by atoms with Gasteiger partial charge in [0.05, 0.1) is 6.61 Å². The van der Waals surface area contributed by atoms with E-state index in [0.717, 1.165) is 4.90 Å². The summed E-state index contributed by atoms with van der Waals surface area (Å²) in [6.45, 7) is 0.182. The number of rotatable bonds is 4. The molecule has 21 heavy (non-hydrogen) atoms. The van der Waals surface area contributed by atoms with Gasteiger partial charge in [0.25, 0.3) is 5.91 Å². The number of aliphatic hydroxyl groups excluding tert-OH is 1. The monoisotopic (exact) mass is 299 g/mol. The number of carbonyl (C=O) groups is 1. The summed E-state index contributed by atoms with van der Waals surface area (Å²) in [4.78, 5) is 12.7. The van der Waals surface area contributed by atoms with Gasteiger partial charge in [-0.1, -0.05) is 11.8 Å². The molecular formula is C15H16F3NO2. The molecule has 1 amide bonds. The minimum atomic E-state index is -4.42. The van der Waals surface area contributed by atoms with E-state index in [1.165, 1.54) is 19.1 Å². The second kappa shape index (κ2) is 7.70. The summed E-state index contributed by atoms with van der Waals surface area (Å²) in [7, 11) is 0. The van der Waals surface area contributed by atoms with E-state index >= 15 is 0 Å². The molecule has 0 unspecified atom stereocenters. The first-order chi connectivity index (χ1) is 9.87. The Morgan fingerprint density at radius 1 is 1.29 bits per heavy atom. The molecule has 0 aliphatic heterocycles. The van der Waals surface area contributed by atoms with Gasteiger partial charge < -0.3 is 10.0 Å². The lowest BCUT2D eigenvalue weighted by Gasteiger charge is -2.22. The van der Waals surface area contributed by atoms with Crippen LogP contribution < -0.4 is 0 Å². The molecule has 0 aromatic heterocycles. The third-order valence-corrected chi connectivity index (χ3v) is 2.64. The van der Waals surface area contributed by atoms with Crippen molar-refractivity contribution in [1.82, 2.24) is 4.90 Å². The first-order valence-corrected chi connectivity index (χ1v) is 6.43. The Morgan fingerprint density at radius 3 is 2.38 bits per heavy atom. The number of nitrogens with zero attached hydrogens (tertiary/aromatic N) is 1. The van der Waals surface area contributed by atoms with Crippen molar-refractivity contribution in [1.29, 1.82) is 0 Å². The molecule has 0 bridgehead atoms. The second-order valence-corrected chi connectivity index (χ2v) is 4.29. The smallest absolute Gasteiger partial charge is 0.395 e. The molecule has 3 nitrogen and oxygen atoms in total. The second-order valence-electron chi connectivity index (χ2n) is 4.29. The molecule has 0 aliphatic rings. The molecule has 0 saturated heterocycles. The van der Waals surface area contributed by atoms with Crippen molar-refractivity contribution < 1.29 is 23.1 Å². The van der Waals surface area contributed by atoms with E-state index in [2.05, 4.69) is 11.8 Å². The van der Waals surface area contributed by atoms with Crippen LogP contribution in [0, 0.1) is 11.8 Å². The summed E-state index contributed by atoms with van der Waals surface area (Å²) in [6, 6.07) is 6.03. The largest absolute Gasteiger partial charge is 0.406 e. The molecule has 0 radical (unpaired) electrons. The quantitative estimate of drug-likeness (QED) is 0.868. The lowest BCUT2D eigenvalue weighted by Crippen LogP contribution is -2.38. The van der Waals surface area contributed by atoms with Gasteiger partial charge in [-0.05, 0) is 31.2 Å². The number of alkyl halides is 3. The van der Waals surface area contributed by atoms with Crippen LogP contribution in [0.5, 0.6) is 0 Å². The topological polar surface area (TPSA) is 40.5 Å². The predicted octanol–water partition coefficient (Wildman–Crippen LogP) is 2.44. The van der Waals surface area contributed by atoms with Gasteiger partial charge in [-0.25, -0.2) is 0 Å². The highest BCUT2D eigenvalue weighted by atomic mass is 19.4. The van der Waals surface area contributed by atoms with Gasteiger partial charge in [0.1, 0.15) is 6.54 Å². The minimum absolute atomic E-state index is 0.0175. The molecule has 0 fully saturated rings. The molecule has 0 saturated carbocycles. The fourth-order valence-electron chi connectivity index (χ4n) is 1.64. The summed E-state index contributed by atoms with van der Waals surface area (Å²) < 4.78 is 37.1. The zero-order chi connectivity index (χ0) is 15.9. The van der Waals surface area contributed by atoms with E-state index in [-0.39, 0.29) is 18.7 Å². The Labute approximate surface area is 121 Å². The van der Waals surface area contributed by atoms with Crippen LogP contribution in [0.15, 0.2) is 24.3 Å². The number of carbonyl (C=O) groups excluding carboxylic acids is 1. The summed E-state index contributed by atoms with van der Waals surface area (Å²) in [5.41, 5.74) is 0.827. The highest BCUT2D eigenvalue weighted by molar-refractivity contribution is 5.94. The van der Waals surface area contributed by atoms with Crippen LogP contribution in [0.3, 0.4) is 0 Å². The van der Waals surface area contributed by atoms with Crippen molar-refractivity contribution in [2.75, 3.05) is 19.7 Å². The van der Waals surface area contributed by atoms with E-state index in [0.29, 0.717) is 12.0 Å². The van der Waals surface area contributed by atoms with Crippen LogP contribution in [0.25, 0.3) is 0 Å². The molecule has 114 valence electrons. The van der Waals surface area contributed by atoms with Gasteiger partial charge in [0.15, 0.2) is 0 Å². The third-order valence-electron chi connectivity index (χ3n) is 2.64. The number of hydrogen-bond donors (Lipinski definition) is 1. The lowest BCUT2D eigenvalue weighted by atomic mass is 10.1.